The molecule has 0 aliphatic heterocycles. The highest BCUT2D eigenvalue weighted by Crippen LogP contribution is 2.30. The minimum atomic E-state index is -0.453. The zero-order chi connectivity index (χ0) is 18.6. The third-order valence-corrected chi connectivity index (χ3v) is 5.97. The Labute approximate surface area is 163 Å². The van der Waals surface area contributed by atoms with Gasteiger partial charge in [-0.05, 0) is 34.5 Å². The number of rotatable bonds is 5. The van der Waals surface area contributed by atoms with Crippen molar-refractivity contribution in [3.8, 4) is 0 Å². The Hall–Kier alpha value is -2.77. The predicted octanol–water partition coefficient (Wildman–Crippen LogP) is 5.38. The lowest BCUT2D eigenvalue weighted by molar-refractivity contribution is 0.102. The summed E-state index contributed by atoms with van der Waals surface area (Å²) in [5.74, 6) is -0.101. The number of nitrogens with zero attached hydrogens (tertiary/aromatic N) is 2. The van der Waals surface area contributed by atoms with Gasteiger partial charge in [0.2, 0.25) is 5.13 Å². The van der Waals surface area contributed by atoms with E-state index >= 15 is 0 Å². The lowest BCUT2D eigenvalue weighted by Crippen LogP contribution is -2.11. The highest BCUT2D eigenvalue weighted by molar-refractivity contribution is 8.00. The Balaban J connectivity index is 1.43. The fourth-order valence-corrected chi connectivity index (χ4v) is 4.43. The molecule has 0 fully saturated rings. The first-order valence-electron chi connectivity index (χ1n) is 8.19. The van der Waals surface area contributed by atoms with Gasteiger partial charge in [0.1, 0.15) is 5.82 Å². The lowest BCUT2D eigenvalue weighted by Gasteiger charge is -2.04. The van der Waals surface area contributed by atoms with E-state index in [4.69, 9.17) is 0 Å². The molecule has 1 aromatic heterocycles. The fourth-order valence-electron chi connectivity index (χ4n) is 2.68. The lowest BCUT2D eigenvalue weighted by atomic mass is 10.1. The van der Waals surface area contributed by atoms with Gasteiger partial charge in [-0.2, -0.15) is 0 Å². The van der Waals surface area contributed by atoms with Crippen LogP contribution in [0.4, 0.5) is 9.52 Å². The third-order valence-electron chi connectivity index (χ3n) is 3.94. The molecule has 4 aromatic rings. The van der Waals surface area contributed by atoms with Crippen LogP contribution in [-0.4, -0.2) is 16.1 Å². The first kappa shape index (κ1) is 17.6. The van der Waals surface area contributed by atoms with Gasteiger partial charge in [0.15, 0.2) is 4.34 Å². The standard InChI is InChI=1S/C20H14FN3OS2/c21-16-9-4-7-14(11-16)18(25)22-19-23-24-20(27-19)26-12-15-8-3-6-13-5-1-2-10-17(13)15/h1-11H,12H2,(H,22,23,25). The summed E-state index contributed by atoms with van der Waals surface area (Å²) in [5.41, 5.74) is 1.47. The SMILES string of the molecule is O=C(Nc1nnc(SCc2cccc3ccccc23)s1)c1cccc(F)c1. The monoisotopic (exact) mass is 395 g/mol. The Kier molecular flexibility index (Phi) is 5.13. The van der Waals surface area contributed by atoms with Crippen LogP contribution in [0.3, 0.4) is 0 Å². The van der Waals surface area contributed by atoms with Gasteiger partial charge in [-0.25, -0.2) is 4.39 Å². The van der Waals surface area contributed by atoms with Gasteiger partial charge in [0.05, 0.1) is 0 Å². The maximum Gasteiger partial charge on any atom is 0.257 e. The van der Waals surface area contributed by atoms with E-state index in [0.29, 0.717) is 5.13 Å². The zero-order valence-electron chi connectivity index (χ0n) is 14.1. The van der Waals surface area contributed by atoms with E-state index in [0.717, 1.165) is 10.1 Å². The first-order valence-corrected chi connectivity index (χ1v) is 9.99. The van der Waals surface area contributed by atoms with Crippen LogP contribution in [0.25, 0.3) is 10.8 Å². The number of fused-ring (bicyclic) bond motifs is 1. The van der Waals surface area contributed by atoms with Gasteiger partial charge in [-0.15, -0.1) is 10.2 Å². The summed E-state index contributed by atoms with van der Waals surface area (Å²) in [4.78, 5) is 12.2. The molecule has 0 atom stereocenters. The summed E-state index contributed by atoms with van der Waals surface area (Å²) < 4.78 is 14.0. The number of carbonyl (C=O) groups excluding carboxylic acids is 1. The van der Waals surface area contributed by atoms with E-state index in [1.54, 1.807) is 17.8 Å². The van der Waals surface area contributed by atoms with Crippen molar-refractivity contribution in [1.29, 1.82) is 0 Å². The van der Waals surface area contributed by atoms with Gasteiger partial charge in [-0.3, -0.25) is 10.1 Å². The van der Waals surface area contributed by atoms with Crippen molar-refractivity contribution >= 4 is 44.9 Å². The second-order valence-electron chi connectivity index (χ2n) is 5.76. The molecular weight excluding hydrogens is 381 g/mol. The van der Waals surface area contributed by atoms with Crippen molar-refractivity contribution in [3.63, 3.8) is 0 Å². The molecule has 1 heterocycles. The van der Waals surface area contributed by atoms with E-state index in [1.165, 1.54) is 45.9 Å². The number of hydrogen-bond acceptors (Lipinski definition) is 5. The summed E-state index contributed by atoms with van der Waals surface area (Å²) in [6, 6.07) is 20.0. The second kappa shape index (κ2) is 7.85. The van der Waals surface area contributed by atoms with Crippen molar-refractivity contribution in [2.75, 3.05) is 5.32 Å². The number of hydrogen-bond donors (Lipinski definition) is 1. The van der Waals surface area contributed by atoms with Crippen molar-refractivity contribution in [1.82, 2.24) is 10.2 Å². The van der Waals surface area contributed by atoms with E-state index in [9.17, 15) is 9.18 Å². The van der Waals surface area contributed by atoms with Crippen LogP contribution < -0.4 is 5.32 Å². The highest BCUT2D eigenvalue weighted by Gasteiger charge is 2.11. The minimum absolute atomic E-state index is 0.246. The molecule has 0 aliphatic rings. The molecule has 27 heavy (non-hydrogen) atoms. The number of thioether (sulfide) groups is 1. The van der Waals surface area contributed by atoms with Crippen LogP contribution in [0.1, 0.15) is 15.9 Å². The number of halogens is 1. The molecule has 0 aliphatic carbocycles. The summed E-state index contributed by atoms with van der Waals surface area (Å²) in [6.45, 7) is 0. The molecule has 1 amide bonds. The Morgan fingerprint density at radius 1 is 1.04 bits per heavy atom. The quantitative estimate of drug-likeness (QED) is 0.364. The number of anilines is 1. The molecule has 4 nitrogen and oxygen atoms in total. The van der Waals surface area contributed by atoms with E-state index in [2.05, 4.69) is 39.8 Å². The summed E-state index contributed by atoms with van der Waals surface area (Å²) >= 11 is 2.87. The number of amides is 1. The van der Waals surface area contributed by atoms with Crippen molar-refractivity contribution < 1.29 is 9.18 Å². The van der Waals surface area contributed by atoms with E-state index < -0.39 is 11.7 Å². The van der Waals surface area contributed by atoms with Crippen molar-refractivity contribution in [3.05, 3.63) is 83.7 Å². The van der Waals surface area contributed by atoms with Crippen molar-refractivity contribution in [2.24, 2.45) is 0 Å². The molecule has 0 radical (unpaired) electrons. The predicted molar refractivity (Wildman–Crippen MR) is 108 cm³/mol. The smallest absolute Gasteiger partial charge is 0.257 e. The molecule has 0 saturated carbocycles. The average Bonchev–Trinajstić information content (AvgIpc) is 3.13. The fraction of sp³-hybridized carbons (Fsp3) is 0.0500. The Morgan fingerprint density at radius 2 is 1.85 bits per heavy atom. The van der Waals surface area contributed by atoms with Gasteiger partial charge in [0.25, 0.3) is 5.91 Å². The van der Waals surface area contributed by atoms with Crippen LogP contribution in [0.15, 0.2) is 71.1 Å². The Morgan fingerprint density at radius 3 is 2.74 bits per heavy atom. The molecule has 134 valence electrons. The largest absolute Gasteiger partial charge is 0.296 e. The molecule has 0 spiro atoms. The molecular formula is C20H14FN3OS2. The minimum Gasteiger partial charge on any atom is -0.296 e. The van der Waals surface area contributed by atoms with Crippen LogP contribution in [0.2, 0.25) is 0 Å². The van der Waals surface area contributed by atoms with Crippen LogP contribution in [0.5, 0.6) is 0 Å². The molecule has 4 rings (SSSR count). The van der Waals surface area contributed by atoms with Gasteiger partial charge < -0.3 is 0 Å². The van der Waals surface area contributed by atoms with E-state index in [1.807, 2.05) is 18.2 Å². The van der Waals surface area contributed by atoms with Crippen LogP contribution in [0, 0.1) is 5.82 Å². The zero-order valence-corrected chi connectivity index (χ0v) is 15.7. The number of benzene rings is 3. The summed E-state index contributed by atoms with van der Waals surface area (Å²) in [5, 5.41) is 13.6. The van der Waals surface area contributed by atoms with Crippen molar-refractivity contribution in [2.45, 2.75) is 10.1 Å². The summed E-state index contributed by atoms with van der Waals surface area (Å²) in [7, 11) is 0. The second-order valence-corrected chi connectivity index (χ2v) is 7.96. The third kappa shape index (κ3) is 4.15. The normalized spacial score (nSPS) is 10.9. The van der Waals surface area contributed by atoms with Gasteiger partial charge in [-0.1, -0.05) is 71.6 Å². The number of carbonyl (C=O) groups is 1. The van der Waals surface area contributed by atoms with Gasteiger partial charge >= 0.3 is 0 Å². The van der Waals surface area contributed by atoms with Crippen LogP contribution in [-0.2, 0) is 5.75 Å². The number of aromatic nitrogens is 2. The maximum absolute atomic E-state index is 13.2. The molecule has 7 heteroatoms. The summed E-state index contributed by atoms with van der Waals surface area (Å²) in [6.07, 6.45) is 0. The van der Waals surface area contributed by atoms with Gasteiger partial charge in [0, 0.05) is 11.3 Å². The van der Waals surface area contributed by atoms with E-state index in [-0.39, 0.29) is 5.56 Å². The molecule has 0 unspecified atom stereocenters. The molecule has 1 N–H and O–H groups in total. The average molecular weight is 395 g/mol. The molecule has 3 aromatic carbocycles. The topological polar surface area (TPSA) is 54.9 Å². The Bertz CT molecular complexity index is 1110. The maximum atomic E-state index is 13.2. The molecule has 0 bridgehead atoms. The molecule has 0 saturated heterocycles. The first-order chi connectivity index (χ1) is 13.2. The number of nitrogens with one attached hydrogen (secondary N) is 1. The highest BCUT2D eigenvalue weighted by atomic mass is 32.2. The van der Waals surface area contributed by atoms with Crippen LogP contribution >= 0.6 is 23.1 Å².